The zero-order valence-corrected chi connectivity index (χ0v) is 18.4. The Bertz CT molecular complexity index is 940. The quantitative estimate of drug-likeness (QED) is 0.685. The van der Waals surface area contributed by atoms with E-state index in [1.54, 1.807) is 18.2 Å². The van der Waals surface area contributed by atoms with E-state index >= 15 is 0 Å². The van der Waals surface area contributed by atoms with Crippen LogP contribution in [-0.2, 0) is 27.9 Å². The van der Waals surface area contributed by atoms with Crippen LogP contribution >= 0.6 is 0 Å². The molecule has 0 unspecified atom stereocenters. The van der Waals surface area contributed by atoms with Crippen molar-refractivity contribution in [2.75, 3.05) is 46.8 Å². The van der Waals surface area contributed by atoms with Gasteiger partial charge in [-0.1, -0.05) is 42.5 Å². The lowest BCUT2D eigenvalue weighted by Crippen LogP contribution is -2.49. The second kappa shape index (κ2) is 10.2. The summed E-state index contributed by atoms with van der Waals surface area (Å²) < 4.78 is 25.9. The predicted molar refractivity (Wildman–Crippen MR) is 117 cm³/mol. The molecule has 1 saturated heterocycles. The van der Waals surface area contributed by atoms with Crippen LogP contribution in [0.5, 0.6) is 0 Å². The summed E-state index contributed by atoms with van der Waals surface area (Å²) in [5.41, 5.74) is 2.07. The second-order valence-corrected chi connectivity index (χ2v) is 9.90. The number of nitrogens with one attached hydrogen (secondary N) is 1. The van der Waals surface area contributed by atoms with Gasteiger partial charge in [0.05, 0.1) is 11.4 Å². The molecule has 8 heteroatoms. The fraction of sp³-hybridized carbons (Fsp3) is 0.409. The van der Waals surface area contributed by atoms with Gasteiger partial charge in [0.1, 0.15) is 0 Å². The second-order valence-electron chi connectivity index (χ2n) is 7.75. The van der Waals surface area contributed by atoms with Crippen molar-refractivity contribution in [3.63, 3.8) is 0 Å². The van der Waals surface area contributed by atoms with Crippen molar-refractivity contribution in [2.24, 2.45) is 0 Å². The van der Waals surface area contributed by atoms with E-state index < -0.39 is 10.0 Å². The third-order valence-corrected chi connectivity index (χ3v) is 7.06. The average Bonchev–Trinajstić information content (AvgIpc) is 2.74. The number of nitrogens with zero attached hydrogens (tertiary/aromatic N) is 3. The van der Waals surface area contributed by atoms with Gasteiger partial charge in [0.15, 0.2) is 0 Å². The smallest absolute Gasteiger partial charge is 0.242 e. The third kappa shape index (κ3) is 6.12. The molecule has 1 N–H and O–H groups in total. The van der Waals surface area contributed by atoms with Crippen LogP contribution in [-0.4, -0.2) is 75.2 Å². The first-order valence-electron chi connectivity index (χ1n) is 10.1. The van der Waals surface area contributed by atoms with E-state index in [4.69, 9.17) is 0 Å². The SMILES string of the molecule is CN(C)S(=O)(=O)c1cccc(CN2CCN(CC(=O)NCc3ccccc3)CC2)c1. The number of carbonyl (C=O) groups is 1. The Balaban J connectivity index is 1.45. The van der Waals surface area contributed by atoms with E-state index in [9.17, 15) is 13.2 Å². The summed E-state index contributed by atoms with van der Waals surface area (Å²) in [4.78, 5) is 17.0. The van der Waals surface area contributed by atoms with Crippen molar-refractivity contribution in [3.05, 3.63) is 65.7 Å². The largest absolute Gasteiger partial charge is 0.351 e. The molecule has 0 aliphatic carbocycles. The number of rotatable bonds is 8. The average molecular weight is 431 g/mol. The summed E-state index contributed by atoms with van der Waals surface area (Å²) in [6.45, 7) is 4.96. The van der Waals surface area contributed by atoms with E-state index in [0.29, 0.717) is 24.5 Å². The van der Waals surface area contributed by atoms with Crippen LogP contribution in [0.4, 0.5) is 0 Å². The lowest BCUT2D eigenvalue weighted by atomic mass is 10.2. The highest BCUT2D eigenvalue weighted by Gasteiger charge is 2.21. The predicted octanol–water partition coefficient (Wildman–Crippen LogP) is 1.37. The summed E-state index contributed by atoms with van der Waals surface area (Å²) in [5.74, 6) is 0.0360. The minimum atomic E-state index is -3.43. The van der Waals surface area contributed by atoms with Gasteiger partial charge < -0.3 is 5.32 Å². The number of hydrogen-bond acceptors (Lipinski definition) is 5. The molecule has 162 valence electrons. The maximum atomic E-state index is 12.3. The van der Waals surface area contributed by atoms with Gasteiger partial charge in [-0.15, -0.1) is 0 Å². The molecule has 1 fully saturated rings. The summed E-state index contributed by atoms with van der Waals surface area (Å²) in [5, 5.41) is 2.97. The molecular formula is C22H30N4O3S. The van der Waals surface area contributed by atoms with Crippen LogP contribution in [0.3, 0.4) is 0 Å². The monoisotopic (exact) mass is 430 g/mol. The van der Waals surface area contributed by atoms with E-state index in [1.165, 1.54) is 18.4 Å². The number of piperazine rings is 1. The molecule has 3 rings (SSSR count). The Morgan fingerprint density at radius 3 is 2.23 bits per heavy atom. The topological polar surface area (TPSA) is 73.0 Å². The van der Waals surface area contributed by atoms with Gasteiger partial charge in [0.2, 0.25) is 15.9 Å². The number of sulfonamides is 1. The third-order valence-electron chi connectivity index (χ3n) is 5.25. The molecule has 2 aromatic rings. The summed E-state index contributed by atoms with van der Waals surface area (Å²) in [6, 6.07) is 17.0. The molecule has 30 heavy (non-hydrogen) atoms. The standard InChI is InChI=1S/C22H30N4O3S/c1-24(2)30(28,29)21-10-6-9-20(15-21)17-25-11-13-26(14-12-25)18-22(27)23-16-19-7-4-3-5-8-19/h3-10,15H,11-14,16-18H2,1-2H3,(H,23,27). The van der Waals surface area contributed by atoms with Crippen LogP contribution in [0.25, 0.3) is 0 Å². The van der Waals surface area contributed by atoms with Gasteiger partial charge in [0, 0.05) is 53.4 Å². The lowest BCUT2D eigenvalue weighted by molar-refractivity contribution is -0.122. The maximum absolute atomic E-state index is 12.3. The van der Waals surface area contributed by atoms with Crippen LogP contribution in [0.1, 0.15) is 11.1 Å². The molecule has 0 aromatic heterocycles. The van der Waals surface area contributed by atoms with Crippen molar-refractivity contribution in [1.82, 2.24) is 19.4 Å². The molecule has 0 saturated carbocycles. The normalized spacial score (nSPS) is 16.0. The molecule has 7 nitrogen and oxygen atoms in total. The van der Waals surface area contributed by atoms with Gasteiger partial charge in [-0.2, -0.15) is 0 Å². The molecule has 2 aromatic carbocycles. The molecule has 1 aliphatic heterocycles. The van der Waals surface area contributed by atoms with Crippen molar-refractivity contribution in [2.45, 2.75) is 18.0 Å². The Morgan fingerprint density at radius 2 is 1.57 bits per heavy atom. The first kappa shape index (κ1) is 22.4. The van der Waals surface area contributed by atoms with Gasteiger partial charge in [-0.25, -0.2) is 12.7 Å². The number of carbonyl (C=O) groups excluding carboxylic acids is 1. The fourth-order valence-corrected chi connectivity index (χ4v) is 4.41. The molecule has 0 atom stereocenters. The highest BCUT2D eigenvalue weighted by atomic mass is 32.2. The molecule has 0 spiro atoms. The summed E-state index contributed by atoms with van der Waals surface area (Å²) >= 11 is 0. The Hall–Kier alpha value is -2.26. The van der Waals surface area contributed by atoms with Crippen LogP contribution in [0.15, 0.2) is 59.5 Å². The minimum Gasteiger partial charge on any atom is -0.351 e. The van der Waals surface area contributed by atoms with E-state index in [2.05, 4.69) is 15.1 Å². The molecular weight excluding hydrogens is 400 g/mol. The van der Waals surface area contributed by atoms with E-state index in [1.807, 2.05) is 36.4 Å². The number of hydrogen-bond donors (Lipinski definition) is 1. The van der Waals surface area contributed by atoms with Crippen LogP contribution < -0.4 is 5.32 Å². The first-order valence-corrected chi connectivity index (χ1v) is 11.6. The molecule has 1 aliphatic rings. The molecule has 0 bridgehead atoms. The Morgan fingerprint density at radius 1 is 0.933 bits per heavy atom. The number of amides is 1. The van der Waals surface area contributed by atoms with E-state index in [0.717, 1.165) is 37.3 Å². The molecule has 1 heterocycles. The van der Waals surface area contributed by atoms with Crippen molar-refractivity contribution < 1.29 is 13.2 Å². The first-order chi connectivity index (χ1) is 14.3. The Labute approximate surface area is 179 Å². The highest BCUT2D eigenvalue weighted by molar-refractivity contribution is 7.89. The Kier molecular flexibility index (Phi) is 7.60. The van der Waals surface area contributed by atoms with E-state index in [-0.39, 0.29) is 5.91 Å². The zero-order chi connectivity index (χ0) is 21.6. The van der Waals surface area contributed by atoms with Crippen LogP contribution in [0, 0.1) is 0 Å². The maximum Gasteiger partial charge on any atom is 0.242 e. The summed E-state index contributed by atoms with van der Waals surface area (Å²) in [7, 11) is -0.348. The number of benzene rings is 2. The zero-order valence-electron chi connectivity index (χ0n) is 17.6. The van der Waals surface area contributed by atoms with Gasteiger partial charge in [0.25, 0.3) is 0 Å². The molecule has 0 radical (unpaired) electrons. The van der Waals surface area contributed by atoms with Gasteiger partial charge >= 0.3 is 0 Å². The lowest BCUT2D eigenvalue weighted by Gasteiger charge is -2.34. The molecule has 1 amide bonds. The minimum absolute atomic E-state index is 0.0360. The summed E-state index contributed by atoms with van der Waals surface area (Å²) in [6.07, 6.45) is 0. The highest BCUT2D eigenvalue weighted by Crippen LogP contribution is 2.17. The van der Waals surface area contributed by atoms with Crippen molar-refractivity contribution >= 4 is 15.9 Å². The van der Waals surface area contributed by atoms with Crippen LogP contribution in [0.2, 0.25) is 0 Å². The van der Waals surface area contributed by atoms with Gasteiger partial charge in [-0.3, -0.25) is 14.6 Å². The van der Waals surface area contributed by atoms with Crippen molar-refractivity contribution in [1.29, 1.82) is 0 Å². The fourth-order valence-electron chi connectivity index (χ4n) is 3.43. The van der Waals surface area contributed by atoms with Crippen molar-refractivity contribution in [3.8, 4) is 0 Å². The van der Waals surface area contributed by atoms with Gasteiger partial charge in [-0.05, 0) is 23.3 Å².